The van der Waals surface area contributed by atoms with Gasteiger partial charge in [0, 0.05) is 0 Å². The fourth-order valence-electron chi connectivity index (χ4n) is 3.88. The van der Waals surface area contributed by atoms with E-state index in [4.69, 9.17) is 0 Å². The Hall–Kier alpha value is 0. The van der Waals surface area contributed by atoms with Gasteiger partial charge < -0.3 is 0 Å². The molecule has 0 saturated heterocycles. The van der Waals surface area contributed by atoms with Crippen molar-refractivity contribution in [2.45, 2.75) is 170 Å². The molecule has 0 spiro atoms. The van der Waals surface area contributed by atoms with E-state index in [9.17, 15) is 0 Å². The van der Waals surface area contributed by atoms with Gasteiger partial charge in [-0.25, -0.2) is 0 Å². The standard InChI is InChI=1S/C15H32.C14H30/c1-6-14(4)11-12-15(5)10-8-7-9-13(2)3;1-3-5-7-9-11-13-14-12-10-8-6-4-2/h13-15H,6-12H2,1-5H3;3-14H2,1-2H3. The summed E-state index contributed by atoms with van der Waals surface area (Å²) in [7, 11) is 0. The van der Waals surface area contributed by atoms with E-state index >= 15 is 0 Å². The third-order valence-electron chi connectivity index (χ3n) is 6.53. The van der Waals surface area contributed by atoms with Crippen LogP contribution in [0.25, 0.3) is 0 Å². The van der Waals surface area contributed by atoms with Crippen LogP contribution in [-0.4, -0.2) is 0 Å². The topological polar surface area (TPSA) is 0 Å². The van der Waals surface area contributed by atoms with Crippen molar-refractivity contribution < 1.29 is 0 Å². The lowest BCUT2D eigenvalue weighted by Gasteiger charge is -2.14. The van der Waals surface area contributed by atoms with Crippen LogP contribution in [0.4, 0.5) is 0 Å². The molecule has 178 valence electrons. The molecule has 29 heavy (non-hydrogen) atoms. The summed E-state index contributed by atoms with van der Waals surface area (Å²) < 4.78 is 0. The first kappa shape index (κ1) is 31.2. The molecular weight excluding hydrogens is 348 g/mol. The van der Waals surface area contributed by atoms with Crippen molar-refractivity contribution in [2.24, 2.45) is 17.8 Å². The molecule has 0 rings (SSSR count). The molecule has 2 atom stereocenters. The summed E-state index contributed by atoms with van der Waals surface area (Å²) in [6.07, 6.45) is 27.4. The highest BCUT2D eigenvalue weighted by Gasteiger charge is 2.05. The van der Waals surface area contributed by atoms with Crippen LogP contribution in [0.15, 0.2) is 0 Å². The molecule has 0 aliphatic carbocycles. The number of hydrogen-bond donors (Lipinski definition) is 0. The van der Waals surface area contributed by atoms with Gasteiger partial charge in [0.25, 0.3) is 0 Å². The second kappa shape index (κ2) is 26.0. The lowest BCUT2D eigenvalue weighted by molar-refractivity contribution is 0.389. The van der Waals surface area contributed by atoms with Gasteiger partial charge in [0.05, 0.1) is 0 Å². The zero-order valence-electron chi connectivity index (χ0n) is 22.2. The lowest BCUT2D eigenvalue weighted by Crippen LogP contribution is -2.00. The average molecular weight is 411 g/mol. The Morgan fingerprint density at radius 2 is 0.759 bits per heavy atom. The van der Waals surface area contributed by atoms with Crippen molar-refractivity contribution in [3.63, 3.8) is 0 Å². The number of rotatable bonds is 20. The van der Waals surface area contributed by atoms with Gasteiger partial charge in [-0.2, -0.15) is 0 Å². The molecule has 0 aromatic carbocycles. The average Bonchev–Trinajstić information content (AvgIpc) is 2.71. The van der Waals surface area contributed by atoms with Crippen molar-refractivity contribution in [1.82, 2.24) is 0 Å². The van der Waals surface area contributed by atoms with Crippen molar-refractivity contribution in [3.8, 4) is 0 Å². The minimum absolute atomic E-state index is 0.889. The molecule has 0 saturated carbocycles. The molecule has 0 aliphatic heterocycles. The summed E-state index contributed by atoms with van der Waals surface area (Å²) in [5.41, 5.74) is 0. The molecule has 0 amide bonds. The number of unbranched alkanes of at least 4 members (excludes halogenated alkanes) is 12. The van der Waals surface area contributed by atoms with Crippen LogP contribution in [0.1, 0.15) is 170 Å². The van der Waals surface area contributed by atoms with Gasteiger partial charge in [0.1, 0.15) is 0 Å². The summed E-state index contributed by atoms with van der Waals surface area (Å²) in [6, 6.07) is 0. The Kier molecular flexibility index (Phi) is 28.0. The quantitative estimate of drug-likeness (QED) is 0.175. The molecule has 0 bridgehead atoms. The smallest absolute Gasteiger partial charge is 0.0443 e. The van der Waals surface area contributed by atoms with Crippen molar-refractivity contribution in [3.05, 3.63) is 0 Å². The fourth-order valence-corrected chi connectivity index (χ4v) is 3.88. The molecule has 0 fully saturated rings. The zero-order valence-corrected chi connectivity index (χ0v) is 22.2. The van der Waals surface area contributed by atoms with Crippen LogP contribution in [0, 0.1) is 17.8 Å². The Morgan fingerprint density at radius 3 is 1.14 bits per heavy atom. The first-order valence-corrected chi connectivity index (χ1v) is 14.0. The molecule has 0 aromatic heterocycles. The van der Waals surface area contributed by atoms with Crippen LogP contribution in [0.2, 0.25) is 0 Å². The summed E-state index contributed by atoms with van der Waals surface area (Å²) in [6.45, 7) is 16.3. The van der Waals surface area contributed by atoms with Crippen LogP contribution in [0.3, 0.4) is 0 Å². The Balaban J connectivity index is 0. The monoisotopic (exact) mass is 410 g/mol. The SMILES string of the molecule is CCC(C)CCC(C)CCCCC(C)C.CCCCCCCCCCCCCC. The van der Waals surface area contributed by atoms with E-state index in [2.05, 4.69) is 48.5 Å². The zero-order chi connectivity index (χ0) is 22.2. The van der Waals surface area contributed by atoms with E-state index in [1.807, 2.05) is 0 Å². The van der Waals surface area contributed by atoms with Crippen molar-refractivity contribution in [1.29, 1.82) is 0 Å². The molecule has 0 heteroatoms. The van der Waals surface area contributed by atoms with Gasteiger partial charge >= 0.3 is 0 Å². The van der Waals surface area contributed by atoms with Crippen molar-refractivity contribution >= 4 is 0 Å². The minimum Gasteiger partial charge on any atom is -0.0654 e. The normalized spacial score (nSPS) is 13.2. The van der Waals surface area contributed by atoms with E-state index in [-0.39, 0.29) is 0 Å². The molecule has 0 nitrogen and oxygen atoms in total. The summed E-state index contributed by atoms with van der Waals surface area (Å²) in [5, 5.41) is 0. The molecule has 0 aromatic rings. The maximum atomic E-state index is 2.43. The highest BCUT2D eigenvalue weighted by atomic mass is 14.1. The third kappa shape index (κ3) is 30.3. The van der Waals surface area contributed by atoms with Gasteiger partial charge in [-0.1, -0.05) is 170 Å². The number of hydrogen-bond acceptors (Lipinski definition) is 0. The Bertz CT molecular complexity index is 255. The van der Waals surface area contributed by atoms with Crippen LogP contribution in [-0.2, 0) is 0 Å². The summed E-state index contributed by atoms with van der Waals surface area (Å²) in [4.78, 5) is 0. The molecular formula is C29H62. The summed E-state index contributed by atoms with van der Waals surface area (Å²) in [5.74, 6) is 2.77. The summed E-state index contributed by atoms with van der Waals surface area (Å²) >= 11 is 0. The highest BCUT2D eigenvalue weighted by molar-refractivity contribution is 4.58. The largest absolute Gasteiger partial charge is 0.0654 e. The first-order valence-electron chi connectivity index (χ1n) is 14.0. The maximum absolute atomic E-state index is 2.43. The molecule has 0 N–H and O–H groups in total. The molecule has 2 unspecified atom stereocenters. The molecule has 0 heterocycles. The second-order valence-electron chi connectivity index (χ2n) is 10.4. The van der Waals surface area contributed by atoms with E-state index in [1.165, 1.54) is 122 Å². The first-order chi connectivity index (χ1) is 14.0. The Labute approximate surface area is 188 Å². The van der Waals surface area contributed by atoms with E-state index in [0.717, 1.165) is 17.8 Å². The third-order valence-corrected chi connectivity index (χ3v) is 6.53. The highest BCUT2D eigenvalue weighted by Crippen LogP contribution is 2.20. The van der Waals surface area contributed by atoms with Gasteiger partial charge in [-0.15, -0.1) is 0 Å². The predicted molar refractivity (Wildman–Crippen MR) is 138 cm³/mol. The van der Waals surface area contributed by atoms with Gasteiger partial charge in [0.15, 0.2) is 0 Å². The van der Waals surface area contributed by atoms with Crippen LogP contribution in [0.5, 0.6) is 0 Å². The maximum Gasteiger partial charge on any atom is -0.0443 e. The molecule has 0 radical (unpaired) electrons. The second-order valence-corrected chi connectivity index (χ2v) is 10.4. The molecule has 0 aliphatic rings. The Morgan fingerprint density at radius 1 is 0.379 bits per heavy atom. The van der Waals surface area contributed by atoms with Crippen molar-refractivity contribution in [2.75, 3.05) is 0 Å². The van der Waals surface area contributed by atoms with Crippen LogP contribution >= 0.6 is 0 Å². The minimum atomic E-state index is 0.889. The van der Waals surface area contributed by atoms with E-state index in [1.54, 1.807) is 0 Å². The van der Waals surface area contributed by atoms with Gasteiger partial charge in [-0.3, -0.25) is 0 Å². The predicted octanol–water partition coefficient (Wildman–Crippen LogP) is 11.4. The van der Waals surface area contributed by atoms with E-state index in [0.29, 0.717) is 0 Å². The fraction of sp³-hybridized carbons (Fsp3) is 1.00. The van der Waals surface area contributed by atoms with Crippen LogP contribution < -0.4 is 0 Å². The lowest BCUT2D eigenvalue weighted by atomic mass is 9.92. The van der Waals surface area contributed by atoms with E-state index < -0.39 is 0 Å². The van der Waals surface area contributed by atoms with Gasteiger partial charge in [0.2, 0.25) is 0 Å². The van der Waals surface area contributed by atoms with Gasteiger partial charge in [-0.05, 0) is 17.8 Å².